The molecule has 0 fully saturated rings. The van der Waals surface area contributed by atoms with Gasteiger partial charge < -0.3 is 15.2 Å². The minimum atomic E-state index is -0.160. The highest BCUT2D eigenvalue weighted by molar-refractivity contribution is 7.99. The van der Waals surface area contributed by atoms with E-state index < -0.39 is 0 Å². The van der Waals surface area contributed by atoms with Crippen molar-refractivity contribution in [3.8, 4) is 0 Å². The molecule has 0 aliphatic heterocycles. The van der Waals surface area contributed by atoms with Gasteiger partial charge >= 0.3 is 0 Å². The fourth-order valence-electron chi connectivity index (χ4n) is 2.80. The number of rotatable bonds is 8. The number of nitrogens with zero attached hydrogens (tertiary/aromatic N) is 3. The van der Waals surface area contributed by atoms with Crippen LogP contribution in [0.1, 0.15) is 34.2 Å². The summed E-state index contributed by atoms with van der Waals surface area (Å²) in [6, 6.07) is 15.1. The molecule has 2 aromatic carbocycles. The fourth-order valence-corrected chi connectivity index (χ4v) is 3.63. The van der Waals surface area contributed by atoms with Crippen LogP contribution in [0, 0.1) is 13.8 Å². The zero-order valence-electron chi connectivity index (χ0n) is 17.3. The maximum absolute atomic E-state index is 12.3. The van der Waals surface area contributed by atoms with E-state index in [-0.39, 0.29) is 24.1 Å². The van der Waals surface area contributed by atoms with Crippen LogP contribution < -0.4 is 10.6 Å². The molecule has 0 atom stereocenters. The smallest absolute Gasteiger partial charge is 0.251 e. The van der Waals surface area contributed by atoms with Crippen LogP contribution in [0.5, 0.6) is 0 Å². The predicted molar refractivity (Wildman–Crippen MR) is 119 cm³/mol. The summed E-state index contributed by atoms with van der Waals surface area (Å²) in [7, 11) is 0. The van der Waals surface area contributed by atoms with E-state index in [2.05, 4.69) is 20.8 Å². The minimum Gasteiger partial charge on any atom is -0.345 e. The molecule has 156 valence electrons. The average molecular weight is 424 g/mol. The number of amides is 2. The van der Waals surface area contributed by atoms with Crippen molar-refractivity contribution in [2.24, 2.45) is 0 Å². The zero-order chi connectivity index (χ0) is 21.5. The lowest BCUT2D eigenvalue weighted by atomic mass is 10.1. The Bertz CT molecular complexity index is 1010. The van der Waals surface area contributed by atoms with Crippen LogP contribution in [0.25, 0.3) is 0 Å². The summed E-state index contributed by atoms with van der Waals surface area (Å²) in [4.78, 5) is 24.5. The van der Waals surface area contributed by atoms with Crippen molar-refractivity contribution < 1.29 is 9.59 Å². The van der Waals surface area contributed by atoms with Crippen LogP contribution in [0.3, 0.4) is 0 Å². The first-order valence-electron chi connectivity index (χ1n) is 9.72. The topological polar surface area (TPSA) is 88.9 Å². The number of hydrogen-bond donors (Lipinski definition) is 2. The maximum atomic E-state index is 12.3. The molecule has 0 aliphatic rings. The maximum Gasteiger partial charge on any atom is 0.251 e. The zero-order valence-corrected chi connectivity index (χ0v) is 18.1. The van der Waals surface area contributed by atoms with E-state index in [0.29, 0.717) is 23.1 Å². The molecule has 8 heteroatoms. The monoisotopic (exact) mass is 423 g/mol. The molecule has 2 amide bonds. The second-order valence-electron chi connectivity index (χ2n) is 6.89. The molecular formula is C22H25N5O2S. The number of aromatic nitrogens is 3. The number of benzene rings is 2. The van der Waals surface area contributed by atoms with Crippen molar-refractivity contribution in [2.75, 3.05) is 11.1 Å². The molecule has 0 bridgehead atoms. The number of nitrogens with one attached hydrogen (secondary N) is 2. The van der Waals surface area contributed by atoms with Crippen molar-refractivity contribution >= 4 is 29.3 Å². The second-order valence-corrected chi connectivity index (χ2v) is 7.84. The van der Waals surface area contributed by atoms with E-state index >= 15 is 0 Å². The quantitative estimate of drug-likeness (QED) is 0.541. The van der Waals surface area contributed by atoms with Crippen LogP contribution in [0.2, 0.25) is 0 Å². The van der Waals surface area contributed by atoms with Gasteiger partial charge in [0.15, 0.2) is 11.0 Å². The highest BCUT2D eigenvalue weighted by atomic mass is 32.2. The lowest BCUT2D eigenvalue weighted by Crippen LogP contribution is -2.24. The molecule has 2 N–H and O–H groups in total. The molecular weight excluding hydrogens is 398 g/mol. The first kappa shape index (κ1) is 21.6. The molecule has 7 nitrogen and oxygen atoms in total. The van der Waals surface area contributed by atoms with Crippen LogP contribution in [-0.2, 0) is 17.9 Å². The fraction of sp³-hybridized carbons (Fsp3) is 0.273. The highest BCUT2D eigenvalue weighted by Gasteiger charge is 2.14. The van der Waals surface area contributed by atoms with E-state index in [1.54, 1.807) is 12.1 Å². The van der Waals surface area contributed by atoms with Crippen LogP contribution in [-0.4, -0.2) is 32.3 Å². The lowest BCUT2D eigenvalue weighted by molar-refractivity contribution is -0.113. The Kier molecular flexibility index (Phi) is 7.24. The lowest BCUT2D eigenvalue weighted by Gasteiger charge is -2.09. The summed E-state index contributed by atoms with van der Waals surface area (Å²) >= 11 is 1.32. The van der Waals surface area contributed by atoms with Gasteiger partial charge in [0.1, 0.15) is 0 Å². The Morgan fingerprint density at radius 2 is 1.60 bits per heavy atom. The summed E-state index contributed by atoms with van der Waals surface area (Å²) in [5.41, 5.74) is 3.61. The van der Waals surface area contributed by atoms with Crippen LogP contribution >= 0.6 is 11.8 Å². The van der Waals surface area contributed by atoms with E-state index in [1.807, 2.05) is 61.7 Å². The van der Waals surface area contributed by atoms with E-state index in [0.717, 1.165) is 16.8 Å². The number of thioether (sulfide) groups is 1. The first-order valence-corrected chi connectivity index (χ1v) is 10.7. The third-order valence-electron chi connectivity index (χ3n) is 4.50. The van der Waals surface area contributed by atoms with Gasteiger partial charge in [-0.2, -0.15) is 0 Å². The highest BCUT2D eigenvalue weighted by Crippen LogP contribution is 2.18. The minimum absolute atomic E-state index is 0.108. The van der Waals surface area contributed by atoms with E-state index in [1.165, 1.54) is 11.8 Å². The Morgan fingerprint density at radius 3 is 2.23 bits per heavy atom. The Hall–Kier alpha value is -3.13. The van der Waals surface area contributed by atoms with Gasteiger partial charge in [-0.3, -0.25) is 9.59 Å². The number of hydrogen-bond acceptors (Lipinski definition) is 5. The largest absolute Gasteiger partial charge is 0.345 e. The molecule has 3 rings (SSSR count). The normalized spacial score (nSPS) is 10.6. The average Bonchev–Trinajstić information content (AvgIpc) is 3.14. The van der Waals surface area contributed by atoms with Gasteiger partial charge in [-0.15, -0.1) is 10.2 Å². The van der Waals surface area contributed by atoms with Gasteiger partial charge in [-0.25, -0.2) is 0 Å². The molecule has 0 spiro atoms. The molecule has 30 heavy (non-hydrogen) atoms. The molecule has 3 aromatic rings. The third-order valence-corrected chi connectivity index (χ3v) is 5.46. The molecule has 0 saturated carbocycles. The van der Waals surface area contributed by atoms with E-state index in [4.69, 9.17) is 0 Å². The SMILES string of the molecule is CCn1c(CNC(=O)c2ccc(C)cc2)nnc1SCC(=O)Nc1ccc(C)cc1. The predicted octanol–water partition coefficient (Wildman–Crippen LogP) is 3.58. The summed E-state index contributed by atoms with van der Waals surface area (Å²) in [6.07, 6.45) is 0. The van der Waals surface area contributed by atoms with Crippen LogP contribution in [0.4, 0.5) is 5.69 Å². The second kappa shape index (κ2) is 10.1. The molecule has 0 aliphatic carbocycles. The van der Waals surface area contributed by atoms with Crippen molar-refractivity contribution in [1.82, 2.24) is 20.1 Å². The summed E-state index contributed by atoms with van der Waals surface area (Å²) in [5, 5.41) is 14.8. The molecule has 0 saturated heterocycles. The number of carbonyl (C=O) groups excluding carboxylic acids is 2. The Balaban J connectivity index is 1.55. The van der Waals surface area contributed by atoms with Crippen molar-refractivity contribution in [3.05, 3.63) is 71.0 Å². The van der Waals surface area contributed by atoms with Gasteiger partial charge in [0, 0.05) is 17.8 Å². The molecule has 0 radical (unpaired) electrons. The van der Waals surface area contributed by atoms with Crippen molar-refractivity contribution in [1.29, 1.82) is 0 Å². The Morgan fingerprint density at radius 1 is 0.967 bits per heavy atom. The molecule has 1 aromatic heterocycles. The first-order chi connectivity index (χ1) is 14.5. The van der Waals surface area contributed by atoms with Gasteiger partial charge in [0.25, 0.3) is 5.91 Å². The molecule has 1 heterocycles. The van der Waals surface area contributed by atoms with Gasteiger partial charge in [-0.1, -0.05) is 47.2 Å². The number of carbonyl (C=O) groups is 2. The number of aryl methyl sites for hydroxylation is 2. The van der Waals surface area contributed by atoms with Gasteiger partial charge in [0.05, 0.1) is 12.3 Å². The summed E-state index contributed by atoms with van der Waals surface area (Å²) < 4.78 is 1.90. The summed E-state index contributed by atoms with van der Waals surface area (Å²) in [5.74, 6) is 0.609. The van der Waals surface area contributed by atoms with Gasteiger partial charge in [-0.05, 0) is 45.0 Å². The van der Waals surface area contributed by atoms with Gasteiger partial charge in [0.2, 0.25) is 5.91 Å². The van der Waals surface area contributed by atoms with Crippen LogP contribution in [0.15, 0.2) is 53.7 Å². The molecule has 0 unspecified atom stereocenters. The van der Waals surface area contributed by atoms with Crippen molar-refractivity contribution in [2.45, 2.75) is 39.0 Å². The van der Waals surface area contributed by atoms with Crippen molar-refractivity contribution in [3.63, 3.8) is 0 Å². The third kappa shape index (κ3) is 5.70. The summed E-state index contributed by atoms with van der Waals surface area (Å²) in [6.45, 7) is 6.87. The Labute approximate surface area is 180 Å². The van der Waals surface area contributed by atoms with E-state index in [9.17, 15) is 9.59 Å². The standard InChI is InChI=1S/C22H25N5O2S/c1-4-27-19(13-23-21(29)17-9-5-15(2)6-10-17)25-26-22(27)30-14-20(28)24-18-11-7-16(3)8-12-18/h5-12H,4,13-14H2,1-3H3,(H,23,29)(H,24,28). The number of anilines is 1.